The van der Waals surface area contributed by atoms with Crippen LogP contribution in [-0.2, 0) is 14.3 Å². The lowest BCUT2D eigenvalue weighted by Gasteiger charge is -2.12. The molecular formula is C10H15NO4. The maximum atomic E-state index is 11.4. The maximum absolute atomic E-state index is 11.4. The molecule has 1 unspecified atom stereocenters. The highest BCUT2D eigenvalue weighted by Crippen LogP contribution is 2.17. The van der Waals surface area contributed by atoms with Crippen LogP contribution < -0.4 is 5.32 Å². The van der Waals surface area contributed by atoms with Crippen LogP contribution in [0.15, 0.2) is 12.2 Å². The number of carbonyl (C=O) groups excluding carboxylic acids is 2. The molecule has 1 amide bonds. The van der Waals surface area contributed by atoms with E-state index in [9.17, 15) is 14.7 Å². The fraction of sp³-hybridized carbons (Fsp3) is 0.600. The van der Waals surface area contributed by atoms with Gasteiger partial charge in [0, 0.05) is 5.92 Å². The number of ether oxygens (including phenoxy) is 1. The van der Waals surface area contributed by atoms with Crippen LogP contribution in [0.2, 0.25) is 0 Å². The number of hydrogen-bond acceptors (Lipinski definition) is 4. The maximum Gasteiger partial charge on any atom is 0.336 e. The van der Waals surface area contributed by atoms with Gasteiger partial charge in [-0.25, -0.2) is 4.79 Å². The molecule has 0 heterocycles. The van der Waals surface area contributed by atoms with Crippen molar-refractivity contribution < 1.29 is 19.4 Å². The Balaban J connectivity index is 2.24. The molecule has 0 spiro atoms. The Labute approximate surface area is 88.1 Å². The van der Waals surface area contributed by atoms with Crippen LogP contribution in [0.25, 0.3) is 0 Å². The van der Waals surface area contributed by atoms with Gasteiger partial charge < -0.3 is 15.2 Å². The molecule has 0 aromatic carbocycles. The minimum atomic E-state index is -1.28. The third kappa shape index (κ3) is 3.36. The van der Waals surface area contributed by atoms with Gasteiger partial charge in [-0.15, -0.1) is 0 Å². The smallest absolute Gasteiger partial charge is 0.336 e. The van der Waals surface area contributed by atoms with Gasteiger partial charge in [0.1, 0.15) is 0 Å². The predicted octanol–water partition coefficient (Wildman–Crippen LogP) is -0.397. The molecule has 5 nitrogen and oxygen atoms in total. The zero-order valence-corrected chi connectivity index (χ0v) is 8.60. The Morgan fingerprint density at radius 1 is 1.53 bits per heavy atom. The quantitative estimate of drug-likeness (QED) is 0.492. The van der Waals surface area contributed by atoms with Crippen LogP contribution in [-0.4, -0.2) is 36.7 Å². The molecule has 1 aliphatic carbocycles. The number of allylic oxidation sites excluding steroid dienone is 2. The predicted molar refractivity (Wildman–Crippen MR) is 52.9 cm³/mol. The first kappa shape index (κ1) is 11.7. The number of aliphatic hydroxyl groups excluding tert-OH is 1. The summed E-state index contributed by atoms with van der Waals surface area (Å²) in [6.07, 6.45) is 4.05. The molecule has 2 N–H and O–H groups in total. The summed E-state index contributed by atoms with van der Waals surface area (Å²) in [7, 11) is 1.19. The normalized spacial score (nSPS) is 17.5. The van der Waals surface area contributed by atoms with E-state index in [1.165, 1.54) is 7.11 Å². The highest BCUT2D eigenvalue weighted by molar-refractivity contribution is 5.81. The van der Waals surface area contributed by atoms with Gasteiger partial charge in [-0.1, -0.05) is 12.2 Å². The van der Waals surface area contributed by atoms with Gasteiger partial charge in [0.25, 0.3) is 0 Å². The van der Waals surface area contributed by atoms with Crippen LogP contribution in [0.1, 0.15) is 12.8 Å². The fourth-order valence-corrected chi connectivity index (χ4v) is 1.39. The first-order chi connectivity index (χ1) is 7.15. The Kier molecular flexibility index (Phi) is 4.30. The molecule has 0 fully saturated rings. The Morgan fingerprint density at radius 2 is 2.13 bits per heavy atom. The summed E-state index contributed by atoms with van der Waals surface area (Å²) >= 11 is 0. The number of carbonyl (C=O) groups is 2. The zero-order chi connectivity index (χ0) is 11.3. The minimum Gasteiger partial charge on any atom is -0.467 e. The second-order valence-electron chi connectivity index (χ2n) is 3.42. The average molecular weight is 213 g/mol. The molecule has 0 aliphatic heterocycles. The van der Waals surface area contributed by atoms with E-state index in [2.05, 4.69) is 10.1 Å². The monoisotopic (exact) mass is 213 g/mol. The van der Waals surface area contributed by atoms with E-state index < -0.39 is 12.1 Å². The van der Waals surface area contributed by atoms with Gasteiger partial charge in [-0.2, -0.15) is 0 Å². The average Bonchev–Trinajstić information content (AvgIpc) is 2.77. The lowest BCUT2D eigenvalue weighted by atomic mass is 10.1. The third-order valence-corrected chi connectivity index (χ3v) is 2.32. The van der Waals surface area contributed by atoms with Gasteiger partial charge in [-0.05, 0) is 12.8 Å². The second-order valence-corrected chi connectivity index (χ2v) is 3.42. The van der Waals surface area contributed by atoms with Crippen molar-refractivity contribution in [2.75, 3.05) is 13.7 Å². The van der Waals surface area contributed by atoms with E-state index in [-0.39, 0.29) is 18.4 Å². The Hall–Kier alpha value is -1.36. The number of amides is 1. The number of nitrogens with one attached hydrogen (secondary N) is 1. The lowest BCUT2D eigenvalue weighted by molar-refractivity contribution is -0.150. The summed E-state index contributed by atoms with van der Waals surface area (Å²) < 4.78 is 4.32. The first-order valence-electron chi connectivity index (χ1n) is 4.83. The molecule has 0 bridgehead atoms. The van der Waals surface area contributed by atoms with Gasteiger partial charge in [0.15, 0.2) is 6.10 Å². The van der Waals surface area contributed by atoms with Gasteiger partial charge in [0.2, 0.25) is 5.91 Å². The minimum absolute atomic E-state index is 0.0603. The molecule has 1 rings (SSSR count). The molecule has 5 heteroatoms. The van der Waals surface area contributed by atoms with Crippen molar-refractivity contribution in [2.24, 2.45) is 5.92 Å². The summed E-state index contributed by atoms with van der Waals surface area (Å²) in [4.78, 5) is 22.3. The van der Waals surface area contributed by atoms with Crippen molar-refractivity contribution in [3.05, 3.63) is 12.2 Å². The molecule has 1 atom stereocenters. The standard InChI is InChI=1S/C10H15NO4/c1-15-10(14)8(12)6-11-9(13)7-4-2-3-5-7/h2-3,7-8,12H,4-6H2,1H3,(H,11,13). The molecular weight excluding hydrogens is 198 g/mol. The van der Waals surface area contributed by atoms with Crippen molar-refractivity contribution in [1.29, 1.82) is 0 Å². The van der Waals surface area contributed by atoms with E-state index in [4.69, 9.17) is 0 Å². The van der Waals surface area contributed by atoms with Crippen molar-refractivity contribution >= 4 is 11.9 Å². The summed E-state index contributed by atoms with van der Waals surface area (Å²) in [6, 6.07) is 0. The molecule has 0 aromatic rings. The third-order valence-electron chi connectivity index (χ3n) is 2.32. The van der Waals surface area contributed by atoms with Crippen molar-refractivity contribution in [1.82, 2.24) is 5.32 Å². The van der Waals surface area contributed by atoms with E-state index in [1.54, 1.807) is 0 Å². The summed E-state index contributed by atoms with van der Waals surface area (Å²) in [5, 5.41) is 11.7. The van der Waals surface area contributed by atoms with Crippen LogP contribution >= 0.6 is 0 Å². The summed E-state index contributed by atoms with van der Waals surface area (Å²) in [6.45, 7) is -0.0952. The molecule has 1 aliphatic rings. The lowest BCUT2D eigenvalue weighted by Crippen LogP contribution is -2.39. The van der Waals surface area contributed by atoms with E-state index >= 15 is 0 Å². The molecule has 0 saturated heterocycles. The number of hydrogen-bond donors (Lipinski definition) is 2. The molecule has 15 heavy (non-hydrogen) atoms. The largest absolute Gasteiger partial charge is 0.467 e. The Bertz CT molecular complexity index is 267. The number of aliphatic hydroxyl groups is 1. The SMILES string of the molecule is COC(=O)C(O)CNC(=O)C1CC=CC1. The first-order valence-corrected chi connectivity index (χ1v) is 4.83. The van der Waals surface area contributed by atoms with E-state index in [0.717, 1.165) is 12.8 Å². The zero-order valence-electron chi connectivity index (χ0n) is 8.60. The van der Waals surface area contributed by atoms with Crippen molar-refractivity contribution in [3.63, 3.8) is 0 Å². The Morgan fingerprint density at radius 3 is 2.67 bits per heavy atom. The highest BCUT2D eigenvalue weighted by atomic mass is 16.5. The van der Waals surface area contributed by atoms with Gasteiger partial charge in [-0.3, -0.25) is 4.79 Å². The fourth-order valence-electron chi connectivity index (χ4n) is 1.39. The molecule has 0 aromatic heterocycles. The van der Waals surface area contributed by atoms with Crippen LogP contribution in [0.5, 0.6) is 0 Å². The second kappa shape index (κ2) is 5.50. The molecule has 0 saturated carbocycles. The topological polar surface area (TPSA) is 75.6 Å². The van der Waals surface area contributed by atoms with Gasteiger partial charge in [0.05, 0.1) is 13.7 Å². The van der Waals surface area contributed by atoms with Gasteiger partial charge >= 0.3 is 5.97 Å². The summed E-state index contributed by atoms with van der Waals surface area (Å²) in [5.41, 5.74) is 0. The molecule has 84 valence electrons. The molecule has 0 radical (unpaired) electrons. The highest BCUT2D eigenvalue weighted by Gasteiger charge is 2.21. The van der Waals surface area contributed by atoms with E-state index in [0.29, 0.717) is 0 Å². The van der Waals surface area contributed by atoms with E-state index in [1.807, 2.05) is 12.2 Å². The number of methoxy groups -OCH3 is 1. The van der Waals surface area contributed by atoms with Crippen LogP contribution in [0.3, 0.4) is 0 Å². The summed E-state index contributed by atoms with van der Waals surface area (Å²) in [5.74, 6) is -0.933. The van der Waals surface area contributed by atoms with Crippen molar-refractivity contribution in [2.45, 2.75) is 18.9 Å². The number of rotatable bonds is 4. The van der Waals surface area contributed by atoms with Crippen LogP contribution in [0.4, 0.5) is 0 Å². The van der Waals surface area contributed by atoms with Crippen molar-refractivity contribution in [3.8, 4) is 0 Å². The number of esters is 1. The van der Waals surface area contributed by atoms with Crippen LogP contribution in [0, 0.1) is 5.92 Å².